The molecule has 30 heavy (non-hydrogen) atoms. The van der Waals surface area contributed by atoms with Crippen molar-refractivity contribution < 1.29 is 19.4 Å². The maximum absolute atomic E-state index is 12.5. The minimum absolute atomic E-state index is 0.324. The number of carbonyl (C=O) groups is 2. The Labute approximate surface area is 174 Å². The molecule has 0 aliphatic carbocycles. The average Bonchev–Trinajstić information content (AvgIpc) is 3.27. The van der Waals surface area contributed by atoms with Gasteiger partial charge in [0.1, 0.15) is 6.04 Å². The van der Waals surface area contributed by atoms with Crippen LogP contribution in [0.4, 0.5) is 0 Å². The van der Waals surface area contributed by atoms with Crippen LogP contribution in [0.3, 0.4) is 0 Å². The second-order valence-electron chi connectivity index (χ2n) is 6.88. The van der Waals surface area contributed by atoms with Crippen LogP contribution in [0.1, 0.15) is 30.0 Å². The molecule has 8 heteroatoms. The smallest absolute Gasteiger partial charge is 0.409 e. The number of rotatable bonds is 7. The molecule has 1 atom stereocenters. The van der Waals surface area contributed by atoms with E-state index in [0.29, 0.717) is 19.4 Å². The van der Waals surface area contributed by atoms with Gasteiger partial charge in [0.15, 0.2) is 11.6 Å². The minimum atomic E-state index is -0.727. The molecule has 0 aromatic heterocycles. The van der Waals surface area contributed by atoms with E-state index in [-0.39, 0.29) is 11.9 Å². The van der Waals surface area contributed by atoms with Crippen LogP contribution >= 0.6 is 0 Å². The Bertz CT molecular complexity index is 901. The van der Waals surface area contributed by atoms with Crippen molar-refractivity contribution >= 4 is 11.9 Å². The van der Waals surface area contributed by atoms with Gasteiger partial charge in [0.25, 0.3) is 11.8 Å². The summed E-state index contributed by atoms with van der Waals surface area (Å²) >= 11 is 0. The zero-order valence-electron chi connectivity index (χ0n) is 16.3. The lowest BCUT2D eigenvalue weighted by Gasteiger charge is -2.22. The Kier molecular flexibility index (Phi) is 7.00. The van der Waals surface area contributed by atoms with Crippen molar-refractivity contribution in [3.63, 3.8) is 0 Å². The molecule has 2 N–H and O–H groups in total. The first-order valence-electron chi connectivity index (χ1n) is 9.66. The first kappa shape index (κ1) is 20.9. The number of likely N-dealkylation sites (tertiary alicyclic amines) is 1. The molecule has 3 rings (SSSR count). The largest absolute Gasteiger partial charge is 0.489 e. The number of nitrogens with zero attached hydrogens (tertiary/aromatic N) is 3. The first-order valence-corrected chi connectivity index (χ1v) is 9.66. The molecule has 0 spiro atoms. The van der Waals surface area contributed by atoms with Gasteiger partial charge in [-0.1, -0.05) is 60.7 Å². The lowest BCUT2D eigenvalue weighted by molar-refractivity contribution is -0.153. The third kappa shape index (κ3) is 5.14. The molecule has 8 nitrogen and oxygen atoms in total. The molecule has 1 amide bonds. The summed E-state index contributed by atoms with van der Waals surface area (Å²) in [6, 6.07) is 17.9. The van der Waals surface area contributed by atoms with Crippen molar-refractivity contribution in [1.29, 1.82) is 5.39 Å². The highest BCUT2D eigenvalue weighted by atomic mass is 16.5. The number of diazo groups is 1. The predicted octanol–water partition coefficient (Wildman–Crippen LogP) is 3.11. The summed E-state index contributed by atoms with van der Waals surface area (Å²) in [5, 5.41) is 21.3. The third-order valence-corrected chi connectivity index (χ3v) is 4.91. The fourth-order valence-corrected chi connectivity index (χ4v) is 3.50. The molecular weight excluding hydrogens is 384 g/mol. The highest BCUT2D eigenvalue weighted by molar-refractivity contribution is 5.83. The van der Waals surface area contributed by atoms with E-state index in [1.54, 1.807) is 0 Å². The molecule has 1 saturated heterocycles. The molecule has 0 radical (unpaired) electrons. The lowest BCUT2D eigenvalue weighted by atomic mass is 9.99. The molecule has 2 aromatic rings. The van der Waals surface area contributed by atoms with Crippen molar-refractivity contribution in [2.45, 2.75) is 24.9 Å². The molecular formula is C22H23N4O4+. The summed E-state index contributed by atoms with van der Waals surface area (Å²) in [7, 11) is 0. The van der Waals surface area contributed by atoms with Crippen LogP contribution in [0.15, 0.2) is 72.7 Å². The van der Waals surface area contributed by atoms with E-state index in [1.807, 2.05) is 60.7 Å². The number of amides is 1. The van der Waals surface area contributed by atoms with Crippen LogP contribution < -0.4 is 5.32 Å². The third-order valence-electron chi connectivity index (χ3n) is 4.91. The second-order valence-corrected chi connectivity index (χ2v) is 6.88. The SMILES string of the molecule is N#[N+]/C=C(\O)N1CCC[C@H]1C(=O)OCC(=O)NC(c1ccccc1)c1ccccc1. The van der Waals surface area contributed by atoms with Crippen LogP contribution in [-0.2, 0) is 14.3 Å². The molecule has 1 fully saturated rings. The Morgan fingerprint density at radius 2 is 1.77 bits per heavy atom. The Morgan fingerprint density at radius 3 is 2.33 bits per heavy atom. The van der Waals surface area contributed by atoms with Gasteiger partial charge in [-0.05, 0) is 24.0 Å². The quantitative estimate of drug-likeness (QED) is 0.415. The van der Waals surface area contributed by atoms with Crippen LogP contribution in [0, 0.1) is 5.39 Å². The number of nitrogens with one attached hydrogen (secondary N) is 1. The van der Waals surface area contributed by atoms with E-state index >= 15 is 0 Å². The normalized spacial score (nSPS) is 16.2. The fourth-order valence-electron chi connectivity index (χ4n) is 3.50. The van der Waals surface area contributed by atoms with E-state index in [1.165, 1.54) is 4.90 Å². The first-order chi connectivity index (χ1) is 14.6. The zero-order valence-corrected chi connectivity index (χ0v) is 16.3. The Balaban J connectivity index is 1.63. The van der Waals surface area contributed by atoms with Crippen LogP contribution in [0.25, 0.3) is 4.98 Å². The fraction of sp³-hybridized carbons (Fsp3) is 0.273. The maximum atomic E-state index is 12.5. The van der Waals surface area contributed by atoms with Gasteiger partial charge in [0.2, 0.25) is 5.39 Å². The van der Waals surface area contributed by atoms with E-state index in [9.17, 15) is 14.7 Å². The van der Waals surface area contributed by atoms with Gasteiger partial charge >= 0.3 is 12.2 Å². The molecule has 1 aliphatic rings. The number of esters is 1. The van der Waals surface area contributed by atoms with Crippen molar-refractivity contribution in [1.82, 2.24) is 10.2 Å². The minimum Gasteiger partial charge on any atom is -0.489 e. The highest BCUT2D eigenvalue weighted by Crippen LogP contribution is 2.23. The average molecular weight is 407 g/mol. The number of hydrogen-bond donors (Lipinski definition) is 2. The molecule has 2 aromatic carbocycles. The summed E-state index contributed by atoms with van der Waals surface area (Å²) in [5.41, 5.74) is 1.82. The topological polar surface area (TPSA) is 107 Å². The number of benzene rings is 2. The van der Waals surface area contributed by atoms with Gasteiger partial charge in [-0.3, -0.25) is 4.79 Å². The summed E-state index contributed by atoms with van der Waals surface area (Å²) in [6.07, 6.45) is 1.99. The standard InChI is InChI=1S/C22H22N4O4/c23-24-14-20(28)26-13-7-12-18(26)22(29)30-15-19(27)25-21(16-8-3-1-4-9-16)17-10-5-2-6-11-17/h1-6,8-11,14,18,21H,7,12-13,15H2,(H-,25,27,28)/p+1/b20-14-/t18-/m0/s1. The Hall–Kier alpha value is -3.86. The lowest BCUT2D eigenvalue weighted by Crippen LogP contribution is -2.39. The van der Waals surface area contributed by atoms with E-state index in [4.69, 9.17) is 10.1 Å². The van der Waals surface area contributed by atoms with Crippen LogP contribution in [-0.4, -0.2) is 41.1 Å². The van der Waals surface area contributed by atoms with Gasteiger partial charge in [-0.15, -0.1) is 0 Å². The monoisotopic (exact) mass is 407 g/mol. The summed E-state index contributed by atoms with van der Waals surface area (Å²) in [5.74, 6) is -1.37. The summed E-state index contributed by atoms with van der Waals surface area (Å²) < 4.78 is 5.19. The van der Waals surface area contributed by atoms with Crippen molar-refractivity contribution in [2.75, 3.05) is 13.2 Å². The van der Waals surface area contributed by atoms with Gasteiger partial charge in [-0.25, -0.2) is 4.79 Å². The maximum Gasteiger partial charge on any atom is 0.409 e. The molecule has 154 valence electrons. The van der Waals surface area contributed by atoms with Crippen molar-refractivity contribution in [2.24, 2.45) is 0 Å². The summed E-state index contributed by atoms with van der Waals surface area (Å²) in [6.45, 7) is -0.0118. The zero-order chi connectivity index (χ0) is 21.3. The van der Waals surface area contributed by atoms with E-state index < -0.39 is 24.5 Å². The molecule has 0 saturated carbocycles. The number of hydrogen-bond acceptors (Lipinski definition) is 6. The van der Waals surface area contributed by atoms with Crippen molar-refractivity contribution in [3.8, 4) is 0 Å². The van der Waals surface area contributed by atoms with Gasteiger partial charge in [0, 0.05) is 6.54 Å². The number of aliphatic hydroxyl groups is 1. The van der Waals surface area contributed by atoms with Gasteiger partial charge in [-0.2, -0.15) is 0 Å². The second kappa shape index (κ2) is 10.1. The van der Waals surface area contributed by atoms with Gasteiger partial charge in [0.05, 0.1) is 6.04 Å². The molecule has 1 aliphatic heterocycles. The molecule has 1 heterocycles. The van der Waals surface area contributed by atoms with Crippen LogP contribution in [0.5, 0.6) is 0 Å². The number of carbonyl (C=O) groups excluding carboxylic acids is 2. The van der Waals surface area contributed by atoms with Crippen molar-refractivity contribution in [3.05, 3.63) is 88.8 Å². The predicted molar refractivity (Wildman–Crippen MR) is 109 cm³/mol. The number of ether oxygens (including phenoxy) is 1. The van der Waals surface area contributed by atoms with E-state index in [2.05, 4.69) is 10.3 Å². The van der Waals surface area contributed by atoms with Crippen LogP contribution in [0.2, 0.25) is 0 Å². The Morgan fingerprint density at radius 1 is 1.17 bits per heavy atom. The molecule has 0 bridgehead atoms. The molecule has 0 unspecified atom stereocenters. The summed E-state index contributed by atoms with van der Waals surface area (Å²) in [4.78, 5) is 29.1. The van der Waals surface area contributed by atoms with Gasteiger partial charge < -0.3 is 20.1 Å². The number of aliphatic hydroxyl groups excluding tert-OH is 1. The van der Waals surface area contributed by atoms with E-state index in [0.717, 1.165) is 17.3 Å². The highest BCUT2D eigenvalue weighted by Gasteiger charge is 2.35.